The van der Waals surface area contributed by atoms with Crippen molar-refractivity contribution in [3.63, 3.8) is 0 Å². The van der Waals surface area contributed by atoms with Gasteiger partial charge in [-0.25, -0.2) is 0 Å². The lowest BCUT2D eigenvalue weighted by Crippen LogP contribution is -2.15. The van der Waals surface area contributed by atoms with Gasteiger partial charge in [-0.1, -0.05) is 60.0 Å². The SMILES string of the molecule is C[Si](C)(I)CCc1ccc(CI)cc1. The molecule has 0 unspecified atom stereocenters. The predicted octanol–water partition coefficient (Wildman–Crippen LogP) is 4.80. The highest BCUT2D eigenvalue weighted by molar-refractivity contribution is 14.1. The van der Waals surface area contributed by atoms with Gasteiger partial charge in [-0.05, 0) is 23.6 Å². The van der Waals surface area contributed by atoms with Crippen LogP contribution in [0.25, 0.3) is 0 Å². The Morgan fingerprint density at radius 3 is 2.00 bits per heavy atom. The van der Waals surface area contributed by atoms with Gasteiger partial charge in [0.05, 0.1) is 0 Å². The van der Waals surface area contributed by atoms with E-state index in [2.05, 4.69) is 81.7 Å². The first-order chi connectivity index (χ1) is 6.51. The highest BCUT2D eigenvalue weighted by atomic mass is 127. The molecule has 0 heterocycles. The average Bonchev–Trinajstić information content (AvgIpc) is 2.14. The molecule has 0 saturated heterocycles. The van der Waals surface area contributed by atoms with E-state index in [4.69, 9.17) is 0 Å². The Balaban J connectivity index is 2.52. The Kier molecular flexibility index (Phi) is 5.41. The van der Waals surface area contributed by atoms with Crippen molar-refractivity contribution >= 4 is 50.0 Å². The monoisotopic (exact) mass is 430 g/mol. The zero-order valence-electron chi connectivity index (χ0n) is 8.69. The summed E-state index contributed by atoms with van der Waals surface area (Å²) in [5.41, 5.74) is 2.03. The van der Waals surface area contributed by atoms with Crippen LogP contribution in [0.15, 0.2) is 24.3 Å². The molecule has 0 aliphatic rings. The van der Waals surface area contributed by atoms with E-state index >= 15 is 0 Å². The zero-order valence-corrected chi connectivity index (χ0v) is 14.0. The lowest BCUT2D eigenvalue weighted by molar-refractivity contribution is 1.11. The van der Waals surface area contributed by atoms with Crippen molar-refractivity contribution in [2.24, 2.45) is 0 Å². The summed E-state index contributed by atoms with van der Waals surface area (Å²) in [6, 6.07) is 10.5. The summed E-state index contributed by atoms with van der Waals surface area (Å²) in [6.45, 7) is 4.85. The van der Waals surface area contributed by atoms with E-state index in [1.807, 2.05) is 0 Å². The van der Waals surface area contributed by atoms with Gasteiger partial charge in [-0.3, -0.25) is 0 Å². The summed E-state index contributed by atoms with van der Waals surface area (Å²) >= 11 is 5.06. The largest absolute Gasteiger partial charge is 0.119 e. The third-order valence-electron chi connectivity index (χ3n) is 2.19. The Morgan fingerprint density at radius 1 is 1.07 bits per heavy atom. The summed E-state index contributed by atoms with van der Waals surface area (Å²) in [6.07, 6.45) is 1.25. The van der Waals surface area contributed by atoms with Crippen LogP contribution < -0.4 is 0 Å². The van der Waals surface area contributed by atoms with Gasteiger partial charge < -0.3 is 0 Å². The molecule has 0 aliphatic heterocycles. The number of alkyl halides is 1. The number of rotatable bonds is 4. The lowest BCUT2D eigenvalue weighted by Gasteiger charge is -2.12. The molecule has 3 heteroatoms. The maximum absolute atomic E-state index is 2.66. The van der Waals surface area contributed by atoms with Crippen LogP contribution in [0.3, 0.4) is 0 Å². The minimum atomic E-state index is -0.893. The average molecular weight is 430 g/mol. The van der Waals surface area contributed by atoms with E-state index < -0.39 is 5.57 Å². The third-order valence-corrected chi connectivity index (χ3v) is 6.12. The summed E-state index contributed by atoms with van der Waals surface area (Å²) in [7, 11) is 0. The van der Waals surface area contributed by atoms with Crippen LogP contribution in [-0.2, 0) is 10.8 Å². The molecule has 0 saturated carbocycles. The maximum Gasteiger partial charge on any atom is 0.119 e. The normalized spacial score (nSPS) is 11.7. The molecule has 0 radical (unpaired) electrons. The van der Waals surface area contributed by atoms with Crippen molar-refractivity contribution in [1.29, 1.82) is 0 Å². The first-order valence-electron chi connectivity index (χ1n) is 4.84. The number of hydrogen-bond acceptors (Lipinski definition) is 0. The highest BCUT2D eigenvalue weighted by Crippen LogP contribution is 2.20. The van der Waals surface area contributed by atoms with Crippen LogP contribution in [-0.4, -0.2) is 5.57 Å². The van der Waals surface area contributed by atoms with Crippen LogP contribution >= 0.6 is 44.4 Å². The number of benzene rings is 1. The minimum absolute atomic E-state index is 0.893. The Hall–Kier alpha value is 0.897. The molecule has 0 aromatic heterocycles. The third kappa shape index (κ3) is 5.11. The molecule has 78 valence electrons. The first kappa shape index (κ1) is 13.0. The topological polar surface area (TPSA) is 0 Å². The van der Waals surface area contributed by atoms with E-state index in [0.29, 0.717) is 0 Å². The number of aryl methyl sites for hydroxylation is 1. The van der Waals surface area contributed by atoms with Crippen LogP contribution in [0.1, 0.15) is 11.1 Å². The fraction of sp³-hybridized carbons (Fsp3) is 0.455. The molecule has 1 aromatic rings. The summed E-state index contributed by atoms with van der Waals surface area (Å²) in [5, 5.41) is 0. The Morgan fingerprint density at radius 2 is 1.57 bits per heavy atom. The van der Waals surface area contributed by atoms with Gasteiger partial charge in [0.25, 0.3) is 0 Å². The van der Waals surface area contributed by atoms with Crippen molar-refractivity contribution < 1.29 is 0 Å². The van der Waals surface area contributed by atoms with Crippen LogP contribution in [0.5, 0.6) is 0 Å². The fourth-order valence-electron chi connectivity index (χ4n) is 1.24. The van der Waals surface area contributed by atoms with Gasteiger partial charge in [0.2, 0.25) is 0 Å². The van der Waals surface area contributed by atoms with E-state index in [1.54, 1.807) is 0 Å². The lowest BCUT2D eigenvalue weighted by atomic mass is 10.1. The Bertz CT molecular complexity index is 274. The van der Waals surface area contributed by atoms with Gasteiger partial charge in [0, 0.05) is 4.43 Å². The summed E-state index contributed by atoms with van der Waals surface area (Å²) < 4.78 is 1.12. The maximum atomic E-state index is 2.66. The molecule has 1 rings (SSSR count). The van der Waals surface area contributed by atoms with Crippen LogP contribution in [0.4, 0.5) is 0 Å². The quantitative estimate of drug-likeness (QED) is 0.279. The predicted molar refractivity (Wildman–Crippen MR) is 84.2 cm³/mol. The second kappa shape index (κ2) is 5.84. The van der Waals surface area contributed by atoms with E-state index in [9.17, 15) is 0 Å². The van der Waals surface area contributed by atoms with Gasteiger partial charge >= 0.3 is 0 Å². The molecule has 0 aliphatic carbocycles. The molecule has 0 atom stereocenters. The van der Waals surface area contributed by atoms with Gasteiger partial charge in [-0.2, -0.15) is 0 Å². The van der Waals surface area contributed by atoms with E-state index in [-0.39, 0.29) is 0 Å². The molecule has 1 aromatic carbocycles. The molecule has 0 N–H and O–H groups in total. The van der Waals surface area contributed by atoms with E-state index in [0.717, 1.165) is 4.43 Å². The van der Waals surface area contributed by atoms with Crippen LogP contribution in [0.2, 0.25) is 19.1 Å². The molecular weight excluding hydrogens is 414 g/mol. The molecule has 0 amide bonds. The zero-order chi connectivity index (χ0) is 10.6. The fourth-order valence-corrected chi connectivity index (χ4v) is 3.44. The molecular formula is C11H16I2Si. The first-order valence-corrected chi connectivity index (χ1v) is 12.7. The van der Waals surface area contributed by atoms with Crippen molar-refractivity contribution in [3.05, 3.63) is 35.4 Å². The van der Waals surface area contributed by atoms with Gasteiger partial charge in [-0.15, -0.1) is 21.8 Å². The summed E-state index contributed by atoms with van der Waals surface area (Å²) in [4.78, 5) is 0. The molecule has 0 fully saturated rings. The smallest absolute Gasteiger partial charge is 0.119 e. The standard InChI is InChI=1S/C11H16I2Si/c1-14(2,13)8-7-10-3-5-11(9-12)6-4-10/h3-6H,7-9H2,1-2H3. The molecule has 0 bridgehead atoms. The minimum Gasteiger partial charge on any atom is -0.119 e. The number of halogens is 2. The molecule has 14 heavy (non-hydrogen) atoms. The van der Waals surface area contributed by atoms with Crippen LogP contribution in [0, 0.1) is 0 Å². The van der Waals surface area contributed by atoms with Crippen molar-refractivity contribution in [1.82, 2.24) is 0 Å². The van der Waals surface area contributed by atoms with Crippen molar-refractivity contribution in [2.45, 2.75) is 30.0 Å². The Labute approximate surface area is 114 Å². The second-order valence-corrected chi connectivity index (χ2v) is 17.6. The van der Waals surface area contributed by atoms with Crippen molar-refractivity contribution in [3.8, 4) is 0 Å². The second-order valence-electron chi connectivity index (χ2n) is 4.17. The van der Waals surface area contributed by atoms with Gasteiger partial charge in [0.15, 0.2) is 0 Å². The van der Waals surface area contributed by atoms with Crippen molar-refractivity contribution in [2.75, 3.05) is 0 Å². The number of hydrogen-bond donors (Lipinski definition) is 0. The van der Waals surface area contributed by atoms with Gasteiger partial charge in [0.1, 0.15) is 5.57 Å². The van der Waals surface area contributed by atoms with E-state index in [1.165, 1.54) is 23.6 Å². The molecule has 0 spiro atoms. The summed E-state index contributed by atoms with van der Waals surface area (Å²) in [5.74, 6) is 0. The highest BCUT2D eigenvalue weighted by Gasteiger charge is 2.14. The molecule has 0 nitrogen and oxygen atoms in total.